The Hall–Kier alpha value is -4.08. The van der Waals surface area contributed by atoms with Crippen LogP contribution in [0.25, 0.3) is 0 Å². The Morgan fingerprint density at radius 2 is 1.85 bits per heavy atom. The van der Waals surface area contributed by atoms with Gasteiger partial charge in [0.2, 0.25) is 11.8 Å². The molecule has 2 amide bonds. The summed E-state index contributed by atoms with van der Waals surface area (Å²) < 4.78 is 19.6. The molecule has 0 spiro atoms. The van der Waals surface area contributed by atoms with Gasteiger partial charge in [0, 0.05) is 51.0 Å². The molecule has 0 radical (unpaired) electrons. The third-order valence-corrected chi connectivity index (χ3v) is 7.92. The van der Waals surface area contributed by atoms with E-state index in [1.165, 1.54) is 12.1 Å². The summed E-state index contributed by atoms with van der Waals surface area (Å²) in [5.74, 6) is -0.469. The van der Waals surface area contributed by atoms with Crippen LogP contribution in [0, 0.1) is 5.82 Å². The van der Waals surface area contributed by atoms with Gasteiger partial charge in [0.05, 0.1) is 24.6 Å². The fraction of sp³-hybridized carbons (Fsp3) is 0.323. The molecule has 1 saturated heterocycles. The molecular formula is C31H32FN5O3. The van der Waals surface area contributed by atoms with Crippen molar-refractivity contribution >= 4 is 34.6 Å². The van der Waals surface area contributed by atoms with Gasteiger partial charge in [-0.2, -0.15) is 0 Å². The molecule has 6 rings (SSSR count). The van der Waals surface area contributed by atoms with E-state index >= 15 is 0 Å². The van der Waals surface area contributed by atoms with E-state index in [1.807, 2.05) is 42.5 Å². The van der Waals surface area contributed by atoms with E-state index in [0.29, 0.717) is 35.8 Å². The summed E-state index contributed by atoms with van der Waals surface area (Å²) in [6.45, 7) is 4.69. The predicted octanol–water partition coefficient (Wildman–Crippen LogP) is 3.83. The van der Waals surface area contributed by atoms with Crippen LogP contribution in [0.3, 0.4) is 0 Å². The maximum Gasteiger partial charge on any atom is 0.240 e. The molecule has 1 N–H and O–H groups in total. The molecular weight excluding hydrogens is 509 g/mol. The van der Waals surface area contributed by atoms with Crippen molar-refractivity contribution < 1.29 is 18.7 Å². The van der Waals surface area contributed by atoms with Crippen LogP contribution >= 0.6 is 0 Å². The molecule has 8 nitrogen and oxygen atoms in total. The zero-order valence-corrected chi connectivity index (χ0v) is 22.7. The lowest BCUT2D eigenvalue weighted by Gasteiger charge is -2.32. The van der Waals surface area contributed by atoms with Crippen molar-refractivity contribution in [2.24, 2.45) is 4.99 Å². The Balaban J connectivity index is 1.29. The topological polar surface area (TPSA) is 77.5 Å². The maximum absolute atomic E-state index is 13.9. The number of hydrogen-bond donors (Lipinski definition) is 1. The Morgan fingerprint density at radius 3 is 2.62 bits per heavy atom. The molecule has 206 valence electrons. The number of ether oxygens (including phenoxy) is 1. The molecule has 0 bridgehead atoms. The van der Waals surface area contributed by atoms with Crippen LogP contribution in [0.5, 0.6) is 5.75 Å². The molecule has 1 unspecified atom stereocenters. The highest BCUT2D eigenvalue weighted by molar-refractivity contribution is 6.24. The van der Waals surface area contributed by atoms with Crippen molar-refractivity contribution in [1.29, 1.82) is 0 Å². The highest BCUT2D eigenvalue weighted by Gasteiger charge is 2.36. The number of rotatable bonds is 6. The zero-order chi connectivity index (χ0) is 27.8. The number of carbonyl (C=O) groups excluding carboxylic acids is 2. The molecule has 3 aromatic carbocycles. The number of fused-ring (bicyclic) bond motifs is 2. The number of anilines is 2. The molecule has 40 heavy (non-hydrogen) atoms. The van der Waals surface area contributed by atoms with Gasteiger partial charge in [0.25, 0.3) is 0 Å². The van der Waals surface area contributed by atoms with Crippen molar-refractivity contribution in [3.8, 4) is 5.75 Å². The normalized spacial score (nSPS) is 19.1. The van der Waals surface area contributed by atoms with Crippen LogP contribution in [0.4, 0.5) is 21.5 Å². The lowest BCUT2D eigenvalue weighted by atomic mass is 9.89. The quantitative estimate of drug-likeness (QED) is 0.480. The lowest BCUT2D eigenvalue weighted by Crippen LogP contribution is -2.48. The monoisotopic (exact) mass is 541 g/mol. The first kappa shape index (κ1) is 26.2. The molecule has 0 aliphatic carbocycles. The summed E-state index contributed by atoms with van der Waals surface area (Å²) in [6, 6.07) is 17.6. The lowest BCUT2D eigenvalue weighted by molar-refractivity contribution is -0.120. The maximum atomic E-state index is 13.9. The number of benzene rings is 3. The first-order valence-electron chi connectivity index (χ1n) is 13.6. The zero-order valence-electron chi connectivity index (χ0n) is 22.7. The number of likely N-dealkylation sites (N-methyl/N-ethyl adjacent to an activating group) is 2. The van der Waals surface area contributed by atoms with E-state index in [9.17, 15) is 14.0 Å². The molecule has 1 atom stereocenters. The number of nitrogens with one attached hydrogen (secondary N) is 1. The van der Waals surface area contributed by atoms with Crippen molar-refractivity contribution in [3.63, 3.8) is 0 Å². The first-order chi connectivity index (χ1) is 19.4. The van der Waals surface area contributed by atoms with Gasteiger partial charge in [-0.15, -0.1) is 0 Å². The molecule has 0 aromatic heterocycles. The number of piperazine rings is 1. The van der Waals surface area contributed by atoms with Crippen LogP contribution in [-0.2, 0) is 16.0 Å². The number of amides is 2. The van der Waals surface area contributed by atoms with Crippen LogP contribution in [-0.4, -0.2) is 80.8 Å². The Labute approximate surface area is 233 Å². The number of aliphatic imine (C=N–C) groups is 1. The minimum atomic E-state index is -0.691. The fourth-order valence-electron chi connectivity index (χ4n) is 5.48. The van der Waals surface area contributed by atoms with Gasteiger partial charge in [0.15, 0.2) is 0 Å². The molecule has 3 heterocycles. The first-order valence-corrected chi connectivity index (χ1v) is 13.6. The summed E-state index contributed by atoms with van der Waals surface area (Å²) >= 11 is 0. The van der Waals surface area contributed by atoms with Gasteiger partial charge < -0.3 is 19.9 Å². The van der Waals surface area contributed by atoms with Crippen molar-refractivity contribution in [2.75, 3.05) is 63.6 Å². The fourth-order valence-corrected chi connectivity index (χ4v) is 5.48. The SMILES string of the molecule is CN1CCN(CC(=O)N(C)c2ccc(N=C(c3ccc4c(c3)CCO4)C3C(=O)Nc4cc(F)ccc43)cc2)CC1. The smallest absolute Gasteiger partial charge is 0.240 e. The van der Waals surface area contributed by atoms with Crippen molar-refractivity contribution in [1.82, 2.24) is 9.80 Å². The molecule has 1 fully saturated rings. The third-order valence-electron chi connectivity index (χ3n) is 7.92. The summed E-state index contributed by atoms with van der Waals surface area (Å²) in [7, 11) is 3.88. The second kappa shape index (κ2) is 10.8. The number of nitrogens with zero attached hydrogens (tertiary/aromatic N) is 4. The van der Waals surface area contributed by atoms with Gasteiger partial charge in [-0.1, -0.05) is 6.07 Å². The molecule has 9 heteroatoms. The highest BCUT2D eigenvalue weighted by atomic mass is 19.1. The van der Waals surface area contributed by atoms with Crippen molar-refractivity contribution in [3.05, 3.63) is 83.2 Å². The van der Waals surface area contributed by atoms with Crippen LogP contribution in [0.2, 0.25) is 0 Å². The van der Waals surface area contributed by atoms with E-state index in [0.717, 1.165) is 55.2 Å². The number of halogens is 1. The van der Waals surface area contributed by atoms with E-state index in [2.05, 4.69) is 22.2 Å². The van der Waals surface area contributed by atoms with Crippen LogP contribution in [0.1, 0.15) is 22.6 Å². The van der Waals surface area contributed by atoms with Gasteiger partial charge >= 0.3 is 0 Å². The Kier molecular flexibility index (Phi) is 7.08. The largest absolute Gasteiger partial charge is 0.493 e. The number of carbonyl (C=O) groups is 2. The standard InChI is InChI=1S/C31H32FN5O3/c1-35-12-14-37(15-13-35)19-28(38)36(2)24-7-5-23(6-8-24)33-30(21-3-10-27-20(17-21)11-16-40-27)29-25-9-4-22(32)18-26(25)34-31(29)39/h3-10,17-18,29H,11-16,19H2,1-2H3,(H,34,39). The van der Waals surface area contributed by atoms with E-state index in [1.54, 1.807) is 18.0 Å². The highest BCUT2D eigenvalue weighted by Crippen LogP contribution is 2.38. The van der Waals surface area contributed by atoms with Gasteiger partial charge in [-0.3, -0.25) is 19.5 Å². The predicted molar refractivity (Wildman–Crippen MR) is 153 cm³/mol. The Morgan fingerprint density at radius 1 is 1.07 bits per heavy atom. The summed E-state index contributed by atoms with van der Waals surface area (Å²) in [6.07, 6.45) is 0.790. The van der Waals surface area contributed by atoms with Gasteiger partial charge in [-0.05, 0) is 78.3 Å². The molecule has 3 aromatic rings. The summed E-state index contributed by atoms with van der Waals surface area (Å²) in [4.78, 5) is 37.2. The van der Waals surface area contributed by atoms with Crippen molar-refractivity contribution in [2.45, 2.75) is 12.3 Å². The minimum absolute atomic E-state index is 0.0355. The second-order valence-electron chi connectivity index (χ2n) is 10.6. The third kappa shape index (κ3) is 5.22. The minimum Gasteiger partial charge on any atom is -0.493 e. The molecule has 3 aliphatic heterocycles. The summed E-state index contributed by atoms with van der Waals surface area (Å²) in [5, 5.41) is 2.81. The number of hydrogen-bond acceptors (Lipinski definition) is 6. The van der Waals surface area contributed by atoms with E-state index in [-0.39, 0.29) is 11.8 Å². The van der Waals surface area contributed by atoms with E-state index in [4.69, 9.17) is 9.73 Å². The average Bonchev–Trinajstić information content (AvgIpc) is 3.55. The summed E-state index contributed by atoms with van der Waals surface area (Å²) in [5.41, 5.74) is 5.02. The van der Waals surface area contributed by atoms with Gasteiger partial charge in [0.1, 0.15) is 17.5 Å². The Bertz CT molecular complexity index is 1480. The second-order valence-corrected chi connectivity index (χ2v) is 10.6. The average molecular weight is 542 g/mol. The van der Waals surface area contributed by atoms with Crippen LogP contribution in [0.15, 0.2) is 65.7 Å². The molecule has 3 aliphatic rings. The van der Waals surface area contributed by atoms with E-state index < -0.39 is 11.7 Å². The molecule has 0 saturated carbocycles. The van der Waals surface area contributed by atoms with Gasteiger partial charge in [-0.25, -0.2) is 4.39 Å². The van der Waals surface area contributed by atoms with Crippen LogP contribution < -0.4 is 15.0 Å².